The van der Waals surface area contributed by atoms with Crippen LogP contribution in [0.3, 0.4) is 0 Å². The minimum atomic E-state index is -0.187. The van der Waals surface area contributed by atoms with Crippen LogP contribution in [0.15, 0.2) is 18.2 Å². The quantitative estimate of drug-likeness (QED) is 0.636. The van der Waals surface area contributed by atoms with E-state index in [0.717, 1.165) is 27.7 Å². The minimum Gasteiger partial charge on any atom is -0.398 e. The zero-order valence-corrected chi connectivity index (χ0v) is 9.21. The molecule has 3 heteroatoms. The summed E-state index contributed by atoms with van der Waals surface area (Å²) in [5, 5.41) is 8.99. The number of nitriles is 1. The molecule has 0 unspecified atom stereocenters. The Bertz CT molecular complexity index is 388. The smallest absolute Gasteiger partial charge is 0.0824 e. The Morgan fingerprint density at radius 2 is 2.15 bits per heavy atom. The Morgan fingerprint density at radius 1 is 1.46 bits per heavy atom. The molecule has 0 amide bonds. The van der Waals surface area contributed by atoms with Gasteiger partial charge in [0.25, 0.3) is 0 Å². The highest BCUT2D eigenvalue weighted by atomic mass is 127. The average molecular weight is 284 g/mol. The van der Waals surface area contributed by atoms with Crippen LogP contribution in [0.25, 0.3) is 0 Å². The molecule has 1 saturated carbocycles. The first-order valence-corrected chi connectivity index (χ1v) is 5.23. The summed E-state index contributed by atoms with van der Waals surface area (Å²) in [7, 11) is 0. The van der Waals surface area contributed by atoms with E-state index >= 15 is 0 Å². The Morgan fingerprint density at radius 3 is 2.62 bits per heavy atom. The van der Waals surface area contributed by atoms with Crippen molar-refractivity contribution in [2.45, 2.75) is 18.3 Å². The zero-order chi connectivity index (χ0) is 9.47. The maximum Gasteiger partial charge on any atom is 0.0824 e. The molecule has 1 aromatic rings. The molecule has 0 radical (unpaired) electrons. The summed E-state index contributed by atoms with van der Waals surface area (Å²) in [6.07, 6.45) is 1.98. The highest BCUT2D eigenvalue weighted by Crippen LogP contribution is 2.47. The second-order valence-corrected chi connectivity index (χ2v) is 4.59. The SMILES string of the molecule is N#CC1(c2ccc(N)c(I)c2)CC1. The van der Waals surface area contributed by atoms with Crippen molar-refractivity contribution in [3.8, 4) is 6.07 Å². The van der Waals surface area contributed by atoms with Crippen molar-refractivity contribution in [1.29, 1.82) is 5.26 Å². The summed E-state index contributed by atoms with van der Waals surface area (Å²) in [6, 6.07) is 8.24. The lowest BCUT2D eigenvalue weighted by Crippen LogP contribution is -2.03. The third-order valence-electron chi connectivity index (χ3n) is 2.52. The molecule has 1 fully saturated rings. The van der Waals surface area contributed by atoms with Crippen molar-refractivity contribution in [1.82, 2.24) is 0 Å². The molecule has 0 bridgehead atoms. The number of anilines is 1. The fourth-order valence-corrected chi connectivity index (χ4v) is 1.93. The van der Waals surface area contributed by atoms with Crippen LogP contribution in [0.4, 0.5) is 5.69 Å². The molecule has 0 atom stereocenters. The van der Waals surface area contributed by atoms with E-state index in [9.17, 15) is 0 Å². The van der Waals surface area contributed by atoms with Gasteiger partial charge >= 0.3 is 0 Å². The second kappa shape index (κ2) is 2.88. The Kier molecular flexibility index (Phi) is 1.95. The predicted octanol–water partition coefficient (Wildman–Crippen LogP) is 2.43. The molecule has 13 heavy (non-hydrogen) atoms. The maximum absolute atomic E-state index is 8.99. The number of rotatable bonds is 1. The van der Waals surface area contributed by atoms with E-state index in [-0.39, 0.29) is 5.41 Å². The Hall–Kier alpha value is -0.760. The maximum atomic E-state index is 8.99. The van der Waals surface area contributed by atoms with E-state index in [1.165, 1.54) is 0 Å². The molecule has 0 heterocycles. The highest BCUT2D eigenvalue weighted by Gasteiger charge is 2.44. The van der Waals surface area contributed by atoms with Crippen LogP contribution in [0.2, 0.25) is 0 Å². The lowest BCUT2D eigenvalue weighted by atomic mass is 9.98. The molecule has 0 saturated heterocycles. The summed E-state index contributed by atoms with van der Waals surface area (Å²) in [5.74, 6) is 0. The van der Waals surface area contributed by atoms with E-state index in [0.29, 0.717) is 0 Å². The number of hydrogen-bond donors (Lipinski definition) is 1. The number of nitrogens with zero attached hydrogens (tertiary/aromatic N) is 1. The molecule has 0 aliphatic heterocycles. The van der Waals surface area contributed by atoms with E-state index in [2.05, 4.69) is 28.7 Å². The topological polar surface area (TPSA) is 49.8 Å². The molecule has 0 aromatic heterocycles. The van der Waals surface area contributed by atoms with E-state index < -0.39 is 0 Å². The summed E-state index contributed by atoms with van der Waals surface area (Å²) < 4.78 is 1.04. The summed E-state index contributed by atoms with van der Waals surface area (Å²) in [5.41, 5.74) is 7.43. The first kappa shape index (κ1) is 8.82. The number of halogens is 1. The van der Waals surface area contributed by atoms with Gasteiger partial charge in [-0.25, -0.2) is 0 Å². The van der Waals surface area contributed by atoms with E-state index in [1.54, 1.807) is 0 Å². The molecule has 1 aliphatic rings. The Labute approximate surface area is 90.9 Å². The van der Waals surface area contributed by atoms with Crippen molar-refractivity contribution in [2.24, 2.45) is 0 Å². The number of benzene rings is 1. The molecular weight excluding hydrogens is 275 g/mol. The van der Waals surface area contributed by atoms with Gasteiger partial charge in [-0.2, -0.15) is 5.26 Å². The molecule has 1 aliphatic carbocycles. The van der Waals surface area contributed by atoms with Crippen molar-refractivity contribution in [3.05, 3.63) is 27.3 Å². The molecule has 2 rings (SSSR count). The molecular formula is C10H9IN2. The molecule has 2 nitrogen and oxygen atoms in total. The lowest BCUT2D eigenvalue weighted by Gasteiger charge is -2.07. The monoisotopic (exact) mass is 284 g/mol. The summed E-state index contributed by atoms with van der Waals surface area (Å²) in [6.45, 7) is 0. The first-order chi connectivity index (χ1) is 6.18. The van der Waals surface area contributed by atoms with Gasteiger partial charge in [-0.3, -0.25) is 0 Å². The van der Waals surface area contributed by atoms with Crippen LogP contribution in [0.5, 0.6) is 0 Å². The lowest BCUT2D eigenvalue weighted by molar-refractivity contribution is 0.907. The average Bonchev–Trinajstić information content (AvgIpc) is 2.90. The molecule has 2 N–H and O–H groups in total. The molecule has 66 valence electrons. The first-order valence-electron chi connectivity index (χ1n) is 4.15. The van der Waals surface area contributed by atoms with Crippen LogP contribution in [0.1, 0.15) is 18.4 Å². The molecule has 0 spiro atoms. The number of nitrogens with two attached hydrogens (primary N) is 1. The van der Waals surface area contributed by atoms with Crippen LogP contribution < -0.4 is 5.73 Å². The van der Waals surface area contributed by atoms with Gasteiger partial charge in [0.2, 0.25) is 0 Å². The third kappa shape index (κ3) is 1.39. The van der Waals surface area contributed by atoms with Crippen molar-refractivity contribution >= 4 is 28.3 Å². The van der Waals surface area contributed by atoms with Crippen molar-refractivity contribution < 1.29 is 0 Å². The second-order valence-electron chi connectivity index (χ2n) is 3.43. The summed E-state index contributed by atoms with van der Waals surface area (Å²) in [4.78, 5) is 0. The standard InChI is InChI=1S/C10H9IN2/c11-8-5-7(1-2-9(8)13)10(6-12)3-4-10/h1-2,5H,3-4,13H2. The zero-order valence-electron chi connectivity index (χ0n) is 7.05. The largest absolute Gasteiger partial charge is 0.398 e. The fraction of sp³-hybridized carbons (Fsp3) is 0.300. The van der Waals surface area contributed by atoms with Gasteiger partial charge in [-0.05, 0) is 53.1 Å². The van der Waals surface area contributed by atoms with Crippen LogP contribution in [0, 0.1) is 14.9 Å². The van der Waals surface area contributed by atoms with Crippen molar-refractivity contribution in [2.75, 3.05) is 5.73 Å². The normalized spacial score (nSPS) is 17.8. The van der Waals surface area contributed by atoms with Gasteiger partial charge in [0.05, 0.1) is 11.5 Å². The van der Waals surface area contributed by atoms with Gasteiger partial charge in [0, 0.05) is 9.26 Å². The third-order valence-corrected chi connectivity index (χ3v) is 3.45. The van der Waals surface area contributed by atoms with Crippen LogP contribution in [-0.2, 0) is 5.41 Å². The molecule has 1 aromatic carbocycles. The highest BCUT2D eigenvalue weighted by molar-refractivity contribution is 14.1. The fourth-order valence-electron chi connectivity index (χ4n) is 1.41. The summed E-state index contributed by atoms with van der Waals surface area (Å²) >= 11 is 2.20. The van der Waals surface area contributed by atoms with Gasteiger partial charge in [0.15, 0.2) is 0 Å². The van der Waals surface area contributed by atoms with E-state index in [4.69, 9.17) is 11.0 Å². The van der Waals surface area contributed by atoms with Crippen molar-refractivity contribution in [3.63, 3.8) is 0 Å². The van der Waals surface area contributed by atoms with Gasteiger partial charge in [-0.15, -0.1) is 0 Å². The van der Waals surface area contributed by atoms with Gasteiger partial charge < -0.3 is 5.73 Å². The predicted molar refractivity (Wildman–Crippen MR) is 60.1 cm³/mol. The minimum absolute atomic E-state index is 0.187. The van der Waals surface area contributed by atoms with Gasteiger partial charge in [0.1, 0.15) is 0 Å². The van der Waals surface area contributed by atoms with Crippen LogP contribution >= 0.6 is 22.6 Å². The van der Waals surface area contributed by atoms with Crippen LogP contribution in [-0.4, -0.2) is 0 Å². The van der Waals surface area contributed by atoms with E-state index in [1.807, 2.05) is 18.2 Å². The van der Waals surface area contributed by atoms with Gasteiger partial charge in [-0.1, -0.05) is 6.07 Å². The number of nitrogen functional groups attached to an aromatic ring is 1. The Balaban J connectivity index is 2.44. The number of hydrogen-bond acceptors (Lipinski definition) is 2.